The average molecular weight is 1020 g/mol. The minimum absolute atomic E-state index is 0.0327. The van der Waals surface area contributed by atoms with E-state index in [1.807, 2.05) is 25.1 Å². The van der Waals surface area contributed by atoms with Gasteiger partial charge in [0.2, 0.25) is 23.5 Å². The molecule has 3 N–H and O–H groups in total. The number of nitrogens with one attached hydrogen (secondary N) is 3. The first-order chi connectivity index (χ1) is 35.8. The van der Waals surface area contributed by atoms with Crippen LogP contribution in [-0.4, -0.2) is 125 Å². The number of esters is 1. The minimum atomic E-state index is -1.06. The van der Waals surface area contributed by atoms with Gasteiger partial charge in [0.25, 0.3) is 17.7 Å². The minimum Gasteiger partial charge on any atom is -0.493 e. The SMILES string of the molecule is CC[C@H](C(=O)N1CCCC[C@H]1C(=O)O[C@H](CCc1ccc(OC)c(OC)c1)c1ccc(OCC(=O)NCCCCNc2cccc3c2C(=O)N(C2CCC(=O)NC2=O)C3=O)cc1)c1cc(OC)c(OC)c(OC)c1. The topological polar surface area (TPSA) is 227 Å². The van der Waals surface area contributed by atoms with Crippen LogP contribution in [0.5, 0.6) is 34.5 Å². The molecule has 4 atom stereocenters. The third-order valence-electron chi connectivity index (χ3n) is 13.6. The smallest absolute Gasteiger partial charge is 0.329 e. The van der Waals surface area contributed by atoms with E-state index in [1.165, 1.54) is 27.4 Å². The Balaban J connectivity index is 0.946. The van der Waals surface area contributed by atoms with E-state index in [4.69, 9.17) is 33.2 Å². The zero-order valence-electron chi connectivity index (χ0n) is 42.7. The van der Waals surface area contributed by atoms with Crippen molar-refractivity contribution in [2.24, 2.45) is 0 Å². The van der Waals surface area contributed by atoms with Gasteiger partial charge in [-0.3, -0.25) is 39.0 Å². The quantitative estimate of drug-likeness (QED) is 0.0397. The van der Waals surface area contributed by atoms with Crippen LogP contribution in [0.2, 0.25) is 0 Å². The Hall–Kier alpha value is -7.83. The molecule has 19 heteroatoms. The number of benzene rings is 4. The number of hydrogen-bond acceptors (Lipinski definition) is 15. The summed E-state index contributed by atoms with van der Waals surface area (Å²) in [4.78, 5) is 95.0. The Morgan fingerprint density at radius 2 is 1.47 bits per heavy atom. The third kappa shape index (κ3) is 12.3. The summed E-state index contributed by atoms with van der Waals surface area (Å²) in [6.07, 6.45) is 3.91. The Morgan fingerprint density at radius 1 is 0.757 bits per heavy atom. The third-order valence-corrected chi connectivity index (χ3v) is 13.6. The standard InChI is InChI=1S/C55H65N5O14/c1-7-37(35-30-45(70-4)50(72-6)46(31-35)71-5)52(64)59-28-11-8-15-41(59)55(67)74-42(23-16-33-17-24-43(68-2)44(29-33)69-3)34-18-20-36(21-19-34)73-32-48(62)57-27-10-9-26-56-39-14-12-13-38-49(39)54(66)60(53(38)65)40-22-25-47(61)58-51(40)63/h12-14,17-21,24,29-31,37,40-42,56H,7-11,15-16,22-23,25-28,32H2,1-6H3,(H,57,62)(H,58,61,63)/t37-,40?,41-,42+/m0/s1. The molecule has 0 saturated carbocycles. The number of imide groups is 2. The van der Waals surface area contributed by atoms with Crippen LogP contribution >= 0.6 is 0 Å². The fourth-order valence-electron chi connectivity index (χ4n) is 9.68. The highest BCUT2D eigenvalue weighted by Crippen LogP contribution is 2.42. The highest BCUT2D eigenvalue weighted by molar-refractivity contribution is 6.25. The maximum Gasteiger partial charge on any atom is 0.329 e. The molecule has 6 amide bonds. The number of fused-ring (bicyclic) bond motifs is 1. The number of aryl methyl sites for hydroxylation is 1. The zero-order chi connectivity index (χ0) is 52.9. The van der Waals surface area contributed by atoms with E-state index in [9.17, 15) is 33.6 Å². The van der Waals surface area contributed by atoms with E-state index in [2.05, 4.69) is 16.0 Å². The van der Waals surface area contributed by atoms with Crippen molar-refractivity contribution in [1.29, 1.82) is 0 Å². The second kappa shape index (κ2) is 25.2. The fourth-order valence-corrected chi connectivity index (χ4v) is 9.68. The van der Waals surface area contributed by atoms with E-state index >= 15 is 0 Å². The maximum absolute atomic E-state index is 14.5. The number of rotatable bonds is 24. The van der Waals surface area contributed by atoms with Gasteiger partial charge < -0.3 is 48.7 Å². The van der Waals surface area contributed by atoms with Crippen LogP contribution in [0.15, 0.2) is 72.8 Å². The van der Waals surface area contributed by atoms with Crippen LogP contribution in [-0.2, 0) is 35.1 Å². The Kier molecular flexibility index (Phi) is 18.4. The molecule has 7 rings (SSSR count). The summed E-state index contributed by atoms with van der Waals surface area (Å²) in [5.74, 6) is -1.04. The van der Waals surface area contributed by atoms with Crippen LogP contribution in [0, 0.1) is 0 Å². The molecule has 0 radical (unpaired) electrons. The van der Waals surface area contributed by atoms with Crippen LogP contribution in [0.3, 0.4) is 0 Å². The summed E-state index contributed by atoms with van der Waals surface area (Å²) in [7, 11) is 7.70. The number of ether oxygens (including phenoxy) is 7. The molecule has 74 heavy (non-hydrogen) atoms. The van der Waals surface area contributed by atoms with Crippen molar-refractivity contribution >= 4 is 47.1 Å². The van der Waals surface area contributed by atoms with Crippen molar-refractivity contribution in [3.05, 3.63) is 101 Å². The van der Waals surface area contributed by atoms with E-state index in [1.54, 1.807) is 67.7 Å². The van der Waals surface area contributed by atoms with E-state index < -0.39 is 53.7 Å². The fraction of sp³-hybridized carbons (Fsp3) is 0.436. The molecule has 2 saturated heterocycles. The highest BCUT2D eigenvalue weighted by atomic mass is 16.5. The Labute approximate surface area is 430 Å². The number of likely N-dealkylation sites (tertiary alicyclic amines) is 1. The first kappa shape index (κ1) is 54.0. The number of hydrogen-bond donors (Lipinski definition) is 3. The van der Waals surface area contributed by atoms with E-state index in [-0.39, 0.29) is 42.4 Å². The van der Waals surface area contributed by atoms with Crippen LogP contribution in [0.25, 0.3) is 0 Å². The number of unbranched alkanes of at least 4 members (excludes halogenated alkanes) is 1. The molecule has 0 aromatic heterocycles. The second-order valence-electron chi connectivity index (χ2n) is 18.1. The van der Waals surface area contributed by atoms with Gasteiger partial charge in [0.1, 0.15) is 23.9 Å². The van der Waals surface area contributed by atoms with Crippen LogP contribution in [0.1, 0.15) is 114 Å². The van der Waals surface area contributed by atoms with Gasteiger partial charge in [-0.05, 0) is 123 Å². The highest BCUT2D eigenvalue weighted by Gasteiger charge is 2.46. The molecule has 1 unspecified atom stereocenters. The van der Waals surface area contributed by atoms with Gasteiger partial charge in [-0.15, -0.1) is 0 Å². The molecule has 3 aliphatic heterocycles. The number of amides is 6. The Morgan fingerprint density at radius 3 is 2.15 bits per heavy atom. The lowest BCUT2D eigenvalue weighted by Crippen LogP contribution is -2.54. The zero-order valence-corrected chi connectivity index (χ0v) is 42.7. The van der Waals surface area contributed by atoms with Gasteiger partial charge in [0.05, 0.1) is 52.6 Å². The van der Waals surface area contributed by atoms with Gasteiger partial charge in [0.15, 0.2) is 29.6 Å². The van der Waals surface area contributed by atoms with E-state index in [0.29, 0.717) is 109 Å². The van der Waals surface area contributed by atoms with Crippen molar-refractivity contribution in [1.82, 2.24) is 20.4 Å². The second-order valence-corrected chi connectivity index (χ2v) is 18.1. The van der Waals surface area contributed by atoms with E-state index in [0.717, 1.165) is 23.3 Å². The van der Waals surface area contributed by atoms with Gasteiger partial charge in [0, 0.05) is 31.7 Å². The maximum atomic E-state index is 14.5. The Bertz CT molecular complexity index is 2690. The summed E-state index contributed by atoms with van der Waals surface area (Å²) >= 11 is 0. The molecule has 0 spiro atoms. The normalized spacial score (nSPS) is 17.1. The number of carbonyl (C=O) groups excluding carboxylic acids is 7. The van der Waals surface area contributed by atoms with Gasteiger partial charge in [-0.25, -0.2) is 4.79 Å². The number of nitrogens with zero attached hydrogens (tertiary/aromatic N) is 2. The predicted molar refractivity (Wildman–Crippen MR) is 271 cm³/mol. The first-order valence-corrected chi connectivity index (χ1v) is 24.9. The van der Waals surface area contributed by atoms with Crippen molar-refractivity contribution in [2.45, 2.75) is 95.2 Å². The molecular formula is C55H65N5O14. The number of anilines is 1. The van der Waals surface area contributed by atoms with Gasteiger partial charge >= 0.3 is 5.97 Å². The molecule has 3 heterocycles. The van der Waals surface area contributed by atoms with Crippen LogP contribution in [0.4, 0.5) is 5.69 Å². The molecule has 4 aromatic rings. The molecule has 0 aliphatic carbocycles. The summed E-state index contributed by atoms with van der Waals surface area (Å²) in [5.41, 5.74) is 3.14. The summed E-state index contributed by atoms with van der Waals surface area (Å²) in [6, 6.07) is 19.2. The van der Waals surface area contributed by atoms with Gasteiger partial charge in [-0.2, -0.15) is 0 Å². The molecule has 394 valence electrons. The molecule has 3 aliphatic rings. The lowest BCUT2D eigenvalue weighted by Gasteiger charge is -2.37. The monoisotopic (exact) mass is 1020 g/mol. The number of piperidine rings is 2. The molecular weight excluding hydrogens is 955 g/mol. The molecule has 4 aromatic carbocycles. The predicted octanol–water partition coefficient (Wildman–Crippen LogP) is 6.31. The lowest BCUT2D eigenvalue weighted by atomic mass is 9.91. The van der Waals surface area contributed by atoms with Crippen LogP contribution < -0.4 is 44.4 Å². The van der Waals surface area contributed by atoms with Crippen molar-refractivity contribution in [3.63, 3.8) is 0 Å². The van der Waals surface area contributed by atoms with Gasteiger partial charge in [-0.1, -0.05) is 31.2 Å². The number of methoxy groups -OCH3 is 5. The first-order valence-electron chi connectivity index (χ1n) is 24.9. The van der Waals surface area contributed by atoms with Crippen molar-refractivity contribution in [2.75, 3.05) is 67.1 Å². The molecule has 19 nitrogen and oxygen atoms in total. The van der Waals surface area contributed by atoms with Crippen molar-refractivity contribution < 1.29 is 66.7 Å². The summed E-state index contributed by atoms with van der Waals surface area (Å²) in [6.45, 7) is 2.87. The largest absolute Gasteiger partial charge is 0.493 e. The van der Waals surface area contributed by atoms with Crippen molar-refractivity contribution in [3.8, 4) is 34.5 Å². The number of carbonyl (C=O) groups is 7. The molecule has 2 fully saturated rings. The average Bonchev–Trinajstić information content (AvgIpc) is 3.68. The summed E-state index contributed by atoms with van der Waals surface area (Å²) < 4.78 is 39.9. The summed E-state index contributed by atoms with van der Waals surface area (Å²) in [5, 5.41) is 8.27. The molecule has 0 bridgehead atoms. The lowest BCUT2D eigenvalue weighted by molar-refractivity contribution is -0.162.